The number of benzene rings is 3. The zero-order chi connectivity index (χ0) is 26.1. The molecule has 3 aromatic carbocycles. The van der Waals surface area contributed by atoms with Crippen molar-refractivity contribution >= 4 is 58.4 Å². The van der Waals surface area contributed by atoms with Gasteiger partial charge in [-0.15, -0.1) is 11.8 Å². The minimum Gasteiger partial charge on any atom is -0.355 e. The lowest BCUT2D eigenvalue weighted by Gasteiger charge is -2.31. The van der Waals surface area contributed by atoms with E-state index in [1.165, 1.54) is 28.8 Å². The number of thioether (sulfide) groups is 1. The fraction of sp³-hybridized carbons (Fsp3) is 0.259. The number of nitrogens with zero attached hydrogens (tertiary/aromatic N) is 1. The number of likely N-dealkylation sites (N-methyl/N-ethyl adjacent to an activating group) is 1. The Bertz CT molecular complexity index is 1180. The number of rotatable bonds is 11. The van der Waals surface area contributed by atoms with E-state index in [1.807, 2.05) is 37.3 Å². The maximum Gasteiger partial charge on any atom is 0.243 e. The summed E-state index contributed by atoms with van der Waals surface area (Å²) < 4.78 is 14.2. The molecule has 0 spiro atoms. The van der Waals surface area contributed by atoms with Gasteiger partial charge in [-0.05, 0) is 42.3 Å². The van der Waals surface area contributed by atoms with Crippen molar-refractivity contribution in [2.75, 3.05) is 12.3 Å². The first-order valence-electron chi connectivity index (χ1n) is 11.4. The molecule has 9 heteroatoms. The zero-order valence-electron chi connectivity index (χ0n) is 19.6. The number of hydrogen-bond acceptors (Lipinski definition) is 3. The molecule has 190 valence electrons. The second kappa shape index (κ2) is 13.9. The first kappa shape index (κ1) is 28.3. The van der Waals surface area contributed by atoms with Crippen LogP contribution in [0.3, 0.4) is 0 Å². The lowest BCUT2D eigenvalue weighted by atomic mass is 10.0. The average Bonchev–Trinajstić information content (AvgIpc) is 2.85. The van der Waals surface area contributed by atoms with Crippen LogP contribution in [0.4, 0.5) is 4.39 Å². The van der Waals surface area contributed by atoms with E-state index in [1.54, 1.807) is 24.3 Å². The molecule has 0 saturated heterocycles. The Labute approximate surface area is 230 Å². The van der Waals surface area contributed by atoms with Crippen LogP contribution in [-0.4, -0.2) is 35.1 Å². The molecule has 0 bridgehead atoms. The number of hydrogen-bond donors (Lipinski definition) is 1. The third-order valence-corrected chi connectivity index (χ3v) is 7.40. The molecule has 4 nitrogen and oxygen atoms in total. The maximum atomic E-state index is 14.2. The van der Waals surface area contributed by atoms with Crippen LogP contribution in [0.2, 0.25) is 15.1 Å². The van der Waals surface area contributed by atoms with Crippen molar-refractivity contribution in [3.05, 3.63) is 104 Å². The third kappa shape index (κ3) is 7.87. The van der Waals surface area contributed by atoms with Crippen molar-refractivity contribution in [1.29, 1.82) is 0 Å². The molecule has 0 unspecified atom stereocenters. The fourth-order valence-electron chi connectivity index (χ4n) is 3.67. The molecule has 0 aliphatic rings. The molecule has 1 atom stereocenters. The van der Waals surface area contributed by atoms with E-state index in [2.05, 4.69) is 5.32 Å². The summed E-state index contributed by atoms with van der Waals surface area (Å²) in [4.78, 5) is 28.3. The Morgan fingerprint density at radius 3 is 2.42 bits per heavy atom. The van der Waals surface area contributed by atoms with Gasteiger partial charge in [-0.3, -0.25) is 9.59 Å². The van der Waals surface area contributed by atoms with Crippen LogP contribution in [0.25, 0.3) is 0 Å². The number of nitrogens with one attached hydrogen (secondary N) is 1. The second-order valence-electron chi connectivity index (χ2n) is 8.05. The van der Waals surface area contributed by atoms with Crippen molar-refractivity contribution < 1.29 is 14.0 Å². The van der Waals surface area contributed by atoms with Crippen molar-refractivity contribution in [3.8, 4) is 0 Å². The molecule has 36 heavy (non-hydrogen) atoms. The second-order valence-corrected chi connectivity index (χ2v) is 10.3. The molecule has 0 aromatic heterocycles. The van der Waals surface area contributed by atoms with E-state index in [-0.39, 0.29) is 29.9 Å². The minimum absolute atomic E-state index is 0.0283. The van der Waals surface area contributed by atoms with Crippen molar-refractivity contribution in [2.45, 2.75) is 31.7 Å². The molecular formula is C27H26Cl3FN2O2S. The number of amides is 2. The highest BCUT2D eigenvalue weighted by molar-refractivity contribution is 7.99. The summed E-state index contributed by atoms with van der Waals surface area (Å²) in [6.45, 7) is 2.37. The lowest BCUT2D eigenvalue weighted by Crippen LogP contribution is -2.51. The van der Waals surface area contributed by atoms with E-state index < -0.39 is 11.9 Å². The Balaban J connectivity index is 1.88. The average molecular weight is 568 g/mol. The van der Waals surface area contributed by atoms with E-state index in [0.29, 0.717) is 39.2 Å². The molecule has 1 N–H and O–H groups in total. The highest BCUT2D eigenvalue weighted by Crippen LogP contribution is 2.27. The molecule has 3 aromatic rings. The Morgan fingerprint density at radius 1 is 1.00 bits per heavy atom. The van der Waals surface area contributed by atoms with E-state index in [0.717, 1.165) is 5.56 Å². The summed E-state index contributed by atoms with van der Waals surface area (Å²) in [5.41, 5.74) is 1.92. The summed E-state index contributed by atoms with van der Waals surface area (Å²) in [5, 5.41) is 4.03. The quantitative estimate of drug-likeness (QED) is 0.277. The normalized spacial score (nSPS) is 11.7. The summed E-state index contributed by atoms with van der Waals surface area (Å²) >= 11 is 19.8. The van der Waals surface area contributed by atoms with Gasteiger partial charge in [-0.2, -0.15) is 0 Å². The van der Waals surface area contributed by atoms with Crippen molar-refractivity contribution in [3.63, 3.8) is 0 Å². The maximum absolute atomic E-state index is 14.2. The summed E-state index contributed by atoms with van der Waals surface area (Å²) in [5.74, 6) is -0.707. The van der Waals surface area contributed by atoms with E-state index >= 15 is 0 Å². The van der Waals surface area contributed by atoms with Gasteiger partial charge in [0.2, 0.25) is 11.8 Å². The Morgan fingerprint density at radius 2 is 1.75 bits per heavy atom. The summed E-state index contributed by atoms with van der Waals surface area (Å²) in [7, 11) is 0. The molecule has 3 rings (SSSR count). The predicted octanol–water partition coefficient (Wildman–Crippen LogP) is 6.80. The van der Waals surface area contributed by atoms with Crippen LogP contribution < -0.4 is 5.32 Å². The molecule has 0 aliphatic heterocycles. The Hall–Kier alpha value is -2.25. The van der Waals surface area contributed by atoms with Crippen LogP contribution in [0.5, 0.6) is 0 Å². The van der Waals surface area contributed by atoms with Crippen molar-refractivity contribution in [1.82, 2.24) is 10.2 Å². The van der Waals surface area contributed by atoms with Gasteiger partial charge in [0.25, 0.3) is 0 Å². The van der Waals surface area contributed by atoms with Gasteiger partial charge in [0, 0.05) is 45.9 Å². The van der Waals surface area contributed by atoms with Crippen LogP contribution in [-0.2, 0) is 28.3 Å². The molecule has 2 amide bonds. The fourth-order valence-corrected chi connectivity index (χ4v) is 5.39. The van der Waals surface area contributed by atoms with Gasteiger partial charge in [0.05, 0.1) is 5.75 Å². The first-order valence-corrected chi connectivity index (χ1v) is 13.6. The molecule has 0 radical (unpaired) electrons. The van der Waals surface area contributed by atoms with Crippen LogP contribution in [0.15, 0.2) is 66.7 Å². The molecular weight excluding hydrogens is 542 g/mol. The van der Waals surface area contributed by atoms with Gasteiger partial charge < -0.3 is 10.2 Å². The van der Waals surface area contributed by atoms with Gasteiger partial charge >= 0.3 is 0 Å². The SMILES string of the molecule is CCNC(=O)[C@H](Cc1ccccc1)N(Cc1ccc(Cl)cc1Cl)C(=O)CSCc1c(F)cccc1Cl. The number of carbonyl (C=O) groups is 2. The molecule has 0 aliphatic carbocycles. The van der Waals surface area contributed by atoms with Gasteiger partial charge in [-0.25, -0.2) is 4.39 Å². The molecule has 0 heterocycles. The summed E-state index contributed by atoms with van der Waals surface area (Å²) in [6.07, 6.45) is 0.327. The van der Waals surface area contributed by atoms with Crippen LogP contribution in [0, 0.1) is 5.82 Å². The topological polar surface area (TPSA) is 49.4 Å². The van der Waals surface area contributed by atoms with E-state index in [9.17, 15) is 14.0 Å². The smallest absolute Gasteiger partial charge is 0.243 e. The van der Waals surface area contributed by atoms with Gasteiger partial charge in [0.15, 0.2) is 0 Å². The standard InChI is InChI=1S/C27H26Cl3FN2O2S/c1-2-32-27(35)25(13-18-7-4-3-5-8-18)33(15-19-11-12-20(28)14-23(19)30)26(34)17-36-16-21-22(29)9-6-10-24(21)31/h3-12,14,25H,2,13,15-17H2,1H3,(H,32,35)/t25-/m0/s1. The highest BCUT2D eigenvalue weighted by atomic mass is 35.5. The molecule has 0 saturated carbocycles. The first-order chi connectivity index (χ1) is 17.3. The largest absolute Gasteiger partial charge is 0.355 e. The van der Waals surface area contributed by atoms with Crippen LogP contribution >= 0.6 is 46.6 Å². The number of carbonyl (C=O) groups excluding carboxylic acids is 2. The summed E-state index contributed by atoms with van der Waals surface area (Å²) in [6, 6.07) is 18.3. The minimum atomic E-state index is -0.774. The third-order valence-electron chi connectivity index (χ3n) is 5.51. The molecule has 0 fully saturated rings. The van der Waals surface area contributed by atoms with Gasteiger partial charge in [-0.1, -0.05) is 77.3 Å². The monoisotopic (exact) mass is 566 g/mol. The lowest BCUT2D eigenvalue weighted by molar-refractivity contribution is -0.139. The predicted molar refractivity (Wildman–Crippen MR) is 147 cm³/mol. The highest BCUT2D eigenvalue weighted by Gasteiger charge is 2.30. The zero-order valence-corrected chi connectivity index (χ0v) is 22.7. The van der Waals surface area contributed by atoms with Crippen molar-refractivity contribution in [2.24, 2.45) is 0 Å². The Kier molecular flexibility index (Phi) is 10.9. The number of halogens is 4. The van der Waals surface area contributed by atoms with Gasteiger partial charge in [0.1, 0.15) is 11.9 Å². The van der Waals surface area contributed by atoms with Crippen LogP contribution in [0.1, 0.15) is 23.6 Å². The van der Waals surface area contributed by atoms with E-state index in [4.69, 9.17) is 34.8 Å².